The molecule has 0 amide bonds. The third-order valence-electron chi connectivity index (χ3n) is 3.44. The van der Waals surface area contributed by atoms with Crippen molar-refractivity contribution in [3.63, 3.8) is 0 Å². The molecule has 3 heterocycles. The second kappa shape index (κ2) is 8.80. The standard InChI is InChI=1S/C16H20N6.2ClH/c1-4-18-15-13-16(21-14(20-13)11(2)3)22(10-19-15)9-12-5-7-17-8-6-12;;/h5-8,10-11,18H,4,9H2,1-3H3;2*1H. The Balaban J connectivity index is 0.00000144. The Morgan fingerprint density at radius 3 is 2.46 bits per heavy atom. The molecule has 0 radical (unpaired) electrons. The van der Waals surface area contributed by atoms with Gasteiger partial charge in [-0.2, -0.15) is 0 Å². The summed E-state index contributed by atoms with van der Waals surface area (Å²) >= 11 is 0. The second-order valence-electron chi connectivity index (χ2n) is 5.52. The molecule has 1 aromatic heterocycles. The van der Waals surface area contributed by atoms with E-state index in [2.05, 4.69) is 34.1 Å². The molecule has 6 nitrogen and oxygen atoms in total. The van der Waals surface area contributed by atoms with Gasteiger partial charge in [0.25, 0.3) is 0 Å². The molecule has 24 heavy (non-hydrogen) atoms. The first-order valence-electron chi connectivity index (χ1n) is 7.54. The van der Waals surface area contributed by atoms with Gasteiger partial charge in [0.2, 0.25) is 0 Å². The highest BCUT2D eigenvalue weighted by Crippen LogP contribution is 2.28. The van der Waals surface area contributed by atoms with Crippen LogP contribution in [0.25, 0.3) is 11.5 Å². The molecule has 0 fully saturated rings. The van der Waals surface area contributed by atoms with Gasteiger partial charge in [-0.3, -0.25) is 4.98 Å². The van der Waals surface area contributed by atoms with Crippen LogP contribution in [0.3, 0.4) is 0 Å². The monoisotopic (exact) mass is 368 g/mol. The van der Waals surface area contributed by atoms with Gasteiger partial charge in [0.1, 0.15) is 5.82 Å². The normalized spacial score (nSPS) is 10.3. The number of fused-ring (bicyclic) bond motifs is 1. The Bertz CT molecular complexity index is 729. The molecule has 0 bridgehead atoms. The maximum absolute atomic E-state index is 4.71. The molecule has 1 N–H and O–H groups in total. The van der Waals surface area contributed by atoms with Gasteiger partial charge in [0.05, 0.1) is 12.9 Å². The number of aromatic nitrogens is 5. The number of nitrogens with zero attached hydrogens (tertiary/aromatic N) is 5. The molecule has 0 unspecified atom stereocenters. The molecule has 0 spiro atoms. The van der Waals surface area contributed by atoms with Gasteiger partial charge in [0, 0.05) is 24.9 Å². The number of nitrogens with one attached hydrogen (secondary N) is 1. The first-order chi connectivity index (χ1) is 10.7. The Morgan fingerprint density at radius 1 is 1.12 bits per heavy atom. The summed E-state index contributed by atoms with van der Waals surface area (Å²) in [6.45, 7) is 7.75. The van der Waals surface area contributed by atoms with E-state index >= 15 is 0 Å². The van der Waals surface area contributed by atoms with Crippen LogP contribution in [0.1, 0.15) is 38.1 Å². The Hall–Kier alpha value is -1.92. The number of anilines is 1. The molecule has 2 aliphatic heterocycles. The minimum absolute atomic E-state index is 0. The SMILES string of the molecule is CCNc1ncn(Cc2ccncc2)c2nc(C(C)C)nc1-2.Cl.Cl. The van der Waals surface area contributed by atoms with Crippen LogP contribution in [-0.2, 0) is 6.54 Å². The van der Waals surface area contributed by atoms with Crippen LogP contribution in [0.2, 0.25) is 0 Å². The van der Waals surface area contributed by atoms with Crippen molar-refractivity contribution in [3.8, 4) is 11.5 Å². The first kappa shape index (κ1) is 20.1. The molecule has 8 heteroatoms. The minimum Gasteiger partial charge on any atom is -0.368 e. The molecular formula is C16H22Cl2N6. The van der Waals surface area contributed by atoms with Crippen molar-refractivity contribution in [2.24, 2.45) is 0 Å². The molecule has 0 saturated carbocycles. The predicted molar refractivity (Wildman–Crippen MR) is 101 cm³/mol. The molecule has 130 valence electrons. The zero-order chi connectivity index (χ0) is 15.5. The minimum atomic E-state index is 0. The Kier molecular flexibility index (Phi) is 7.38. The van der Waals surface area contributed by atoms with Gasteiger partial charge in [0.15, 0.2) is 17.3 Å². The molecular weight excluding hydrogens is 347 g/mol. The maximum Gasteiger partial charge on any atom is 0.166 e. The quantitative estimate of drug-likeness (QED) is 0.744. The highest BCUT2D eigenvalue weighted by molar-refractivity contribution is 5.85. The van der Waals surface area contributed by atoms with Gasteiger partial charge in [-0.05, 0) is 24.6 Å². The molecule has 0 aliphatic carbocycles. The zero-order valence-corrected chi connectivity index (χ0v) is 15.6. The van der Waals surface area contributed by atoms with Crippen molar-refractivity contribution in [2.75, 3.05) is 11.9 Å². The lowest BCUT2D eigenvalue weighted by Crippen LogP contribution is -2.10. The smallest absolute Gasteiger partial charge is 0.166 e. The fraction of sp³-hybridized carbons (Fsp3) is 0.375. The number of hydrogen-bond acceptors (Lipinski definition) is 5. The van der Waals surface area contributed by atoms with Crippen molar-refractivity contribution < 1.29 is 0 Å². The third-order valence-corrected chi connectivity index (χ3v) is 3.44. The fourth-order valence-electron chi connectivity index (χ4n) is 2.31. The molecule has 0 aromatic carbocycles. The summed E-state index contributed by atoms with van der Waals surface area (Å²) in [5.41, 5.74) is 2.00. The third kappa shape index (κ3) is 4.13. The van der Waals surface area contributed by atoms with Gasteiger partial charge >= 0.3 is 0 Å². The zero-order valence-electron chi connectivity index (χ0n) is 13.9. The lowest BCUT2D eigenvalue weighted by molar-refractivity contribution is 0.750. The molecule has 3 rings (SSSR count). The highest BCUT2D eigenvalue weighted by atomic mass is 35.5. The average Bonchev–Trinajstić information content (AvgIpc) is 2.97. The largest absolute Gasteiger partial charge is 0.368 e. The number of imidazole rings is 1. The fourth-order valence-corrected chi connectivity index (χ4v) is 2.31. The lowest BCUT2D eigenvalue weighted by Gasteiger charge is -2.13. The van der Waals surface area contributed by atoms with E-state index in [-0.39, 0.29) is 30.7 Å². The first-order valence-corrected chi connectivity index (χ1v) is 7.54. The van der Waals surface area contributed by atoms with Crippen LogP contribution in [0.15, 0.2) is 30.9 Å². The van der Waals surface area contributed by atoms with Crippen molar-refractivity contribution in [1.82, 2.24) is 24.5 Å². The van der Waals surface area contributed by atoms with Crippen LogP contribution in [0.5, 0.6) is 0 Å². The van der Waals surface area contributed by atoms with Crippen LogP contribution < -0.4 is 5.32 Å². The summed E-state index contributed by atoms with van der Waals surface area (Å²) < 4.78 is 2.03. The van der Waals surface area contributed by atoms with E-state index in [0.29, 0.717) is 6.54 Å². The molecule has 2 aliphatic rings. The number of hydrogen-bond donors (Lipinski definition) is 1. The summed E-state index contributed by atoms with van der Waals surface area (Å²) in [7, 11) is 0. The van der Waals surface area contributed by atoms with Gasteiger partial charge in [-0.1, -0.05) is 13.8 Å². The van der Waals surface area contributed by atoms with Crippen molar-refractivity contribution in [3.05, 3.63) is 42.2 Å². The van der Waals surface area contributed by atoms with Crippen LogP contribution in [-0.4, -0.2) is 31.0 Å². The topological polar surface area (TPSA) is 68.5 Å². The Morgan fingerprint density at radius 2 is 1.83 bits per heavy atom. The van der Waals surface area contributed by atoms with E-state index in [4.69, 9.17) is 4.98 Å². The predicted octanol–water partition coefficient (Wildman–Crippen LogP) is 3.62. The van der Waals surface area contributed by atoms with Crippen LogP contribution >= 0.6 is 24.8 Å². The second-order valence-corrected chi connectivity index (χ2v) is 5.52. The van der Waals surface area contributed by atoms with Gasteiger partial charge in [-0.15, -0.1) is 24.8 Å². The highest BCUT2D eigenvalue weighted by Gasteiger charge is 2.21. The van der Waals surface area contributed by atoms with Gasteiger partial charge < -0.3 is 9.88 Å². The number of halogens is 2. The van der Waals surface area contributed by atoms with E-state index in [1.54, 1.807) is 12.4 Å². The van der Waals surface area contributed by atoms with Crippen LogP contribution in [0.4, 0.5) is 5.82 Å². The molecule has 0 atom stereocenters. The van der Waals surface area contributed by atoms with E-state index in [9.17, 15) is 0 Å². The van der Waals surface area contributed by atoms with Crippen molar-refractivity contribution >= 4 is 30.6 Å². The maximum atomic E-state index is 4.71. The number of pyridine rings is 1. The van der Waals surface area contributed by atoms with E-state index < -0.39 is 0 Å². The van der Waals surface area contributed by atoms with Crippen molar-refractivity contribution in [1.29, 1.82) is 0 Å². The summed E-state index contributed by atoms with van der Waals surface area (Å²) in [5.74, 6) is 2.80. The van der Waals surface area contributed by atoms with E-state index in [1.165, 1.54) is 0 Å². The van der Waals surface area contributed by atoms with E-state index in [1.807, 2.05) is 30.0 Å². The van der Waals surface area contributed by atoms with Gasteiger partial charge in [-0.25, -0.2) is 15.0 Å². The van der Waals surface area contributed by atoms with Crippen molar-refractivity contribution in [2.45, 2.75) is 33.2 Å². The summed E-state index contributed by atoms with van der Waals surface area (Å²) in [4.78, 5) is 17.9. The van der Waals surface area contributed by atoms with Crippen LogP contribution in [0, 0.1) is 0 Å². The summed E-state index contributed by atoms with van der Waals surface area (Å²) in [6, 6.07) is 3.99. The van der Waals surface area contributed by atoms with E-state index in [0.717, 1.165) is 35.3 Å². The molecule has 0 saturated heterocycles. The number of rotatable bonds is 5. The lowest BCUT2D eigenvalue weighted by atomic mass is 10.2. The summed E-state index contributed by atoms with van der Waals surface area (Å²) in [6.07, 6.45) is 5.41. The Labute approximate surface area is 154 Å². The average molecular weight is 369 g/mol. The summed E-state index contributed by atoms with van der Waals surface area (Å²) in [5, 5.41) is 3.26. The molecule has 1 aromatic rings.